The fourth-order valence-corrected chi connectivity index (χ4v) is 1.99. The smallest absolute Gasteiger partial charge is 0.123 e. The lowest BCUT2D eigenvalue weighted by Gasteiger charge is -2.29. The molecule has 0 amide bonds. The molecule has 1 atom stereocenters. The lowest BCUT2D eigenvalue weighted by atomic mass is 9.82. The summed E-state index contributed by atoms with van der Waals surface area (Å²) in [6.45, 7) is 1.99. The minimum absolute atomic E-state index is 0.264. The third-order valence-electron chi connectivity index (χ3n) is 3.09. The molecule has 1 unspecified atom stereocenters. The van der Waals surface area contributed by atoms with E-state index in [-0.39, 0.29) is 5.82 Å². The molecule has 0 saturated carbocycles. The molecule has 2 aromatic rings. The van der Waals surface area contributed by atoms with Gasteiger partial charge in [-0.2, -0.15) is 0 Å². The van der Waals surface area contributed by atoms with E-state index in [1.807, 2.05) is 25.1 Å². The van der Waals surface area contributed by atoms with Crippen molar-refractivity contribution in [2.45, 2.75) is 18.9 Å². The van der Waals surface area contributed by atoms with Crippen molar-refractivity contribution in [3.63, 3.8) is 0 Å². The van der Waals surface area contributed by atoms with Gasteiger partial charge in [0.05, 0.1) is 5.54 Å². The molecule has 0 fully saturated rings. The van der Waals surface area contributed by atoms with E-state index in [0.717, 1.165) is 11.1 Å². The van der Waals surface area contributed by atoms with Crippen LogP contribution >= 0.6 is 0 Å². The maximum atomic E-state index is 13.3. The van der Waals surface area contributed by atoms with Crippen LogP contribution in [0, 0.1) is 5.82 Å². The number of hydrogen-bond donors (Lipinski definition) is 1. The highest BCUT2D eigenvalue weighted by Crippen LogP contribution is 2.30. The van der Waals surface area contributed by atoms with Crippen LogP contribution in [0.25, 0.3) is 0 Å². The first-order chi connectivity index (χ1) is 8.16. The highest BCUT2D eigenvalue weighted by atomic mass is 19.1. The van der Waals surface area contributed by atoms with Gasteiger partial charge in [0.25, 0.3) is 0 Å². The normalized spacial score (nSPS) is 14.3. The van der Waals surface area contributed by atoms with Crippen LogP contribution in [-0.4, -0.2) is 4.98 Å². The molecule has 0 spiro atoms. The molecule has 0 radical (unpaired) electrons. The summed E-state index contributed by atoms with van der Waals surface area (Å²) in [4.78, 5) is 3.97. The number of nitrogens with zero attached hydrogens (tertiary/aromatic N) is 1. The summed E-state index contributed by atoms with van der Waals surface area (Å²) in [5.74, 6) is -0.264. The van der Waals surface area contributed by atoms with Crippen LogP contribution in [0.1, 0.15) is 24.5 Å². The van der Waals surface area contributed by atoms with Crippen molar-refractivity contribution < 1.29 is 4.39 Å². The van der Waals surface area contributed by atoms with E-state index >= 15 is 0 Å². The Hall–Kier alpha value is -1.74. The van der Waals surface area contributed by atoms with Crippen molar-refractivity contribution in [1.29, 1.82) is 0 Å². The zero-order chi connectivity index (χ0) is 12.3. The molecule has 2 rings (SSSR count). The molecule has 0 aliphatic carbocycles. The zero-order valence-electron chi connectivity index (χ0n) is 9.73. The number of hydrogen-bond acceptors (Lipinski definition) is 2. The summed E-state index contributed by atoms with van der Waals surface area (Å²) in [5, 5.41) is 0. The third kappa shape index (κ3) is 2.19. The van der Waals surface area contributed by atoms with Gasteiger partial charge in [-0.25, -0.2) is 4.39 Å². The molecule has 0 aliphatic rings. The van der Waals surface area contributed by atoms with Crippen LogP contribution in [0.5, 0.6) is 0 Å². The second-order valence-corrected chi connectivity index (χ2v) is 4.07. The molecule has 0 bridgehead atoms. The van der Waals surface area contributed by atoms with Gasteiger partial charge in [0, 0.05) is 12.4 Å². The number of benzene rings is 1. The van der Waals surface area contributed by atoms with E-state index < -0.39 is 5.54 Å². The number of pyridine rings is 1. The van der Waals surface area contributed by atoms with Crippen molar-refractivity contribution in [2.24, 2.45) is 5.73 Å². The second kappa shape index (κ2) is 4.63. The highest BCUT2D eigenvalue weighted by molar-refractivity contribution is 5.36. The molecule has 2 N–H and O–H groups in total. The van der Waals surface area contributed by atoms with Gasteiger partial charge in [0.15, 0.2) is 0 Å². The third-order valence-corrected chi connectivity index (χ3v) is 3.09. The predicted octanol–water partition coefficient (Wildman–Crippen LogP) is 2.83. The Labute approximate surface area is 100 Å². The van der Waals surface area contributed by atoms with E-state index in [9.17, 15) is 4.39 Å². The van der Waals surface area contributed by atoms with Crippen LogP contribution < -0.4 is 5.73 Å². The maximum Gasteiger partial charge on any atom is 0.123 e. The largest absolute Gasteiger partial charge is 0.318 e. The molecule has 3 heteroatoms. The van der Waals surface area contributed by atoms with Gasteiger partial charge in [-0.3, -0.25) is 4.98 Å². The molecule has 0 saturated heterocycles. The summed E-state index contributed by atoms with van der Waals surface area (Å²) < 4.78 is 13.3. The van der Waals surface area contributed by atoms with Gasteiger partial charge in [-0.05, 0) is 41.8 Å². The topological polar surface area (TPSA) is 38.9 Å². The SMILES string of the molecule is CCC(N)(c1ccncc1)c1cccc(F)c1. The van der Waals surface area contributed by atoms with Gasteiger partial charge in [-0.15, -0.1) is 0 Å². The summed E-state index contributed by atoms with van der Waals surface area (Å²) in [5.41, 5.74) is 7.48. The number of rotatable bonds is 3. The van der Waals surface area contributed by atoms with Crippen LogP contribution in [-0.2, 0) is 5.54 Å². The summed E-state index contributed by atoms with van der Waals surface area (Å²) >= 11 is 0. The van der Waals surface area contributed by atoms with Gasteiger partial charge < -0.3 is 5.73 Å². The summed E-state index contributed by atoms with van der Waals surface area (Å²) in [6.07, 6.45) is 4.10. The van der Waals surface area contributed by atoms with Crippen molar-refractivity contribution >= 4 is 0 Å². The molecule has 1 aromatic carbocycles. The Morgan fingerprint density at radius 1 is 1.18 bits per heavy atom. The van der Waals surface area contributed by atoms with Gasteiger partial charge >= 0.3 is 0 Å². The molecule has 17 heavy (non-hydrogen) atoms. The maximum absolute atomic E-state index is 13.3. The summed E-state index contributed by atoms with van der Waals surface area (Å²) in [7, 11) is 0. The first kappa shape index (κ1) is 11.7. The van der Waals surface area contributed by atoms with Crippen LogP contribution in [0.15, 0.2) is 48.8 Å². The first-order valence-corrected chi connectivity index (χ1v) is 5.62. The lowest BCUT2D eigenvalue weighted by Crippen LogP contribution is -2.37. The minimum atomic E-state index is -0.662. The molecular weight excluding hydrogens is 215 g/mol. The van der Waals surface area contributed by atoms with E-state index in [1.165, 1.54) is 12.1 Å². The standard InChI is InChI=1S/C14H15FN2/c1-2-14(16,11-6-8-17-9-7-11)12-4-3-5-13(15)10-12/h3-10H,2,16H2,1H3. The Kier molecular flexibility index (Phi) is 3.20. The monoisotopic (exact) mass is 230 g/mol. The summed E-state index contributed by atoms with van der Waals surface area (Å²) in [6, 6.07) is 10.2. The first-order valence-electron chi connectivity index (χ1n) is 5.62. The fourth-order valence-electron chi connectivity index (χ4n) is 1.99. The van der Waals surface area contributed by atoms with E-state index in [0.29, 0.717) is 6.42 Å². The average Bonchev–Trinajstić information content (AvgIpc) is 2.39. The fraction of sp³-hybridized carbons (Fsp3) is 0.214. The number of nitrogens with two attached hydrogens (primary N) is 1. The van der Waals surface area contributed by atoms with Gasteiger partial charge in [0.1, 0.15) is 5.82 Å². The number of halogens is 1. The molecule has 0 aliphatic heterocycles. The predicted molar refractivity (Wildman–Crippen MR) is 65.9 cm³/mol. The average molecular weight is 230 g/mol. The van der Waals surface area contributed by atoms with E-state index in [2.05, 4.69) is 4.98 Å². The Balaban J connectivity index is 2.52. The molecule has 1 aromatic heterocycles. The molecule has 88 valence electrons. The van der Waals surface area contributed by atoms with Crippen LogP contribution in [0.4, 0.5) is 4.39 Å². The van der Waals surface area contributed by atoms with Crippen molar-refractivity contribution in [2.75, 3.05) is 0 Å². The van der Waals surface area contributed by atoms with E-state index in [1.54, 1.807) is 18.5 Å². The van der Waals surface area contributed by atoms with Crippen molar-refractivity contribution in [3.8, 4) is 0 Å². The number of aromatic nitrogens is 1. The molecule has 1 heterocycles. The molecular formula is C14H15FN2. The van der Waals surface area contributed by atoms with Gasteiger partial charge in [0.2, 0.25) is 0 Å². The Bertz CT molecular complexity index is 499. The second-order valence-electron chi connectivity index (χ2n) is 4.07. The molecule has 2 nitrogen and oxygen atoms in total. The Morgan fingerprint density at radius 2 is 1.88 bits per heavy atom. The Morgan fingerprint density at radius 3 is 2.47 bits per heavy atom. The zero-order valence-corrected chi connectivity index (χ0v) is 9.73. The lowest BCUT2D eigenvalue weighted by molar-refractivity contribution is 0.512. The van der Waals surface area contributed by atoms with Crippen LogP contribution in [0.3, 0.4) is 0 Å². The highest BCUT2D eigenvalue weighted by Gasteiger charge is 2.27. The van der Waals surface area contributed by atoms with Crippen molar-refractivity contribution in [1.82, 2.24) is 4.98 Å². The van der Waals surface area contributed by atoms with Crippen LogP contribution in [0.2, 0.25) is 0 Å². The van der Waals surface area contributed by atoms with Gasteiger partial charge in [-0.1, -0.05) is 19.1 Å². The van der Waals surface area contributed by atoms with E-state index in [4.69, 9.17) is 5.73 Å². The van der Waals surface area contributed by atoms with Crippen molar-refractivity contribution in [3.05, 3.63) is 65.7 Å². The quantitative estimate of drug-likeness (QED) is 0.880. The minimum Gasteiger partial charge on any atom is -0.318 e.